The Kier molecular flexibility index (Phi) is 3.22. The summed E-state index contributed by atoms with van der Waals surface area (Å²) in [6, 6.07) is 16.3. The molecule has 0 saturated heterocycles. The van der Waals surface area contributed by atoms with Gasteiger partial charge in [0.25, 0.3) is 0 Å². The summed E-state index contributed by atoms with van der Waals surface area (Å²) in [6.45, 7) is 0. The molecule has 0 bridgehead atoms. The third-order valence-corrected chi connectivity index (χ3v) is 2.31. The summed E-state index contributed by atoms with van der Waals surface area (Å²) in [5.41, 5.74) is 0.355. The summed E-state index contributed by atoms with van der Waals surface area (Å²) in [5.74, 6) is -0.0161. The lowest BCUT2D eigenvalue weighted by molar-refractivity contribution is 0.0735. The predicted molar refractivity (Wildman–Crippen MR) is 61.7 cm³/mol. The van der Waals surface area contributed by atoms with E-state index < -0.39 is 5.97 Å². The normalized spacial score (nSPS) is 9.81. The maximum atomic E-state index is 11.7. The van der Waals surface area contributed by atoms with Crippen LogP contribution in [0, 0.1) is 6.07 Å². The molecule has 0 heterocycles. The second kappa shape index (κ2) is 4.81. The van der Waals surface area contributed by atoms with Gasteiger partial charge in [-0.2, -0.15) is 0 Å². The van der Waals surface area contributed by atoms with Crippen molar-refractivity contribution in [3.8, 4) is 5.75 Å². The first-order valence-corrected chi connectivity index (χ1v) is 5.08. The highest BCUT2D eigenvalue weighted by Gasteiger charge is 2.11. The van der Waals surface area contributed by atoms with Crippen molar-refractivity contribution in [3.63, 3.8) is 0 Å². The zero-order valence-corrected chi connectivity index (χ0v) is 9.07. The van der Waals surface area contributed by atoms with E-state index in [-0.39, 0.29) is 0 Å². The fraction of sp³-hybridized carbons (Fsp3) is 0. The Hall–Kier alpha value is -1.80. The first kappa shape index (κ1) is 10.7. The third kappa shape index (κ3) is 2.41. The molecule has 1 radical (unpaired) electrons. The second-order valence-electron chi connectivity index (χ2n) is 3.11. The average molecular weight is 232 g/mol. The second-order valence-corrected chi connectivity index (χ2v) is 3.52. The van der Waals surface area contributed by atoms with Crippen LogP contribution in [0.4, 0.5) is 0 Å². The summed E-state index contributed by atoms with van der Waals surface area (Å²) < 4.78 is 5.13. The van der Waals surface area contributed by atoms with Crippen molar-refractivity contribution < 1.29 is 9.53 Å². The summed E-state index contributed by atoms with van der Waals surface area (Å²) >= 11 is 5.88. The van der Waals surface area contributed by atoms with E-state index in [0.29, 0.717) is 16.3 Å². The Balaban J connectivity index is 2.19. The Morgan fingerprint density at radius 3 is 2.69 bits per heavy atom. The highest BCUT2D eigenvalue weighted by molar-refractivity contribution is 6.33. The van der Waals surface area contributed by atoms with E-state index in [1.54, 1.807) is 48.5 Å². The van der Waals surface area contributed by atoms with Gasteiger partial charge in [0.15, 0.2) is 0 Å². The Labute approximate surface area is 98.4 Å². The van der Waals surface area contributed by atoms with Crippen LogP contribution in [0.1, 0.15) is 10.4 Å². The molecule has 79 valence electrons. The molecule has 0 unspecified atom stereocenters. The molecule has 16 heavy (non-hydrogen) atoms. The molecule has 0 fully saturated rings. The molecule has 2 aromatic rings. The summed E-state index contributed by atoms with van der Waals surface area (Å²) in [6.07, 6.45) is 0. The number of carbonyl (C=O) groups excluding carboxylic acids is 1. The monoisotopic (exact) mass is 231 g/mol. The summed E-state index contributed by atoms with van der Waals surface area (Å²) in [4.78, 5) is 11.7. The molecule has 2 aromatic carbocycles. The minimum absolute atomic E-state index is 0.355. The molecule has 0 spiro atoms. The van der Waals surface area contributed by atoms with Crippen LogP contribution in [-0.2, 0) is 0 Å². The van der Waals surface area contributed by atoms with E-state index in [0.717, 1.165) is 0 Å². The van der Waals surface area contributed by atoms with E-state index in [1.807, 2.05) is 0 Å². The summed E-state index contributed by atoms with van der Waals surface area (Å²) in [5, 5.41) is 0.382. The standard InChI is InChI=1S/C13H8ClO2/c14-12-9-5-4-8-11(12)13(15)16-10-6-2-1-3-7-10/h1-2,4-9H. The molecule has 0 N–H and O–H groups in total. The largest absolute Gasteiger partial charge is 0.423 e. The van der Waals surface area contributed by atoms with Crippen LogP contribution in [0.5, 0.6) is 5.75 Å². The number of rotatable bonds is 2. The molecule has 0 amide bonds. The van der Waals surface area contributed by atoms with Crippen LogP contribution >= 0.6 is 11.6 Å². The average Bonchev–Trinajstić information content (AvgIpc) is 2.31. The zero-order chi connectivity index (χ0) is 11.4. The molecular formula is C13H8ClO2. The number of carbonyl (C=O) groups is 1. The van der Waals surface area contributed by atoms with Crippen molar-refractivity contribution in [2.24, 2.45) is 0 Å². The van der Waals surface area contributed by atoms with Crippen molar-refractivity contribution in [2.45, 2.75) is 0 Å². The van der Waals surface area contributed by atoms with Crippen LogP contribution in [0.3, 0.4) is 0 Å². The van der Waals surface area contributed by atoms with Crippen molar-refractivity contribution >= 4 is 17.6 Å². The van der Waals surface area contributed by atoms with Gasteiger partial charge in [-0.15, -0.1) is 0 Å². The van der Waals surface area contributed by atoms with Crippen LogP contribution in [-0.4, -0.2) is 5.97 Å². The van der Waals surface area contributed by atoms with Gasteiger partial charge in [0.2, 0.25) is 0 Å². The minimum Gasteiger partial charge on any atom is -0.423 e. The van der Waals surface area contributed by atoms with E-state index >= 15 is 0 Å². The van der Waals surface area contributed by atoms with Crippen molar-refractivity contribution in [3.05, 3.63) is 65.2 Å². The maximum absolute atomic E-state index is 11.7. The lowest BCUT2D eigenvalue weighted by Crippen LogP contribution is -2.08. The van der Waals surface area contributed by atoms with E-state index in [2.05, 4.69) is 6.07 Å². The third-order valence-electron chi connectivity index (χ3n) is 1.98. The van der Waals surface area contributed by atoms with Crippen molar-refractivity contribution in [1.82, 2.24) is 0 Å². The Morgan fingerprint density at radius 2 is 2.00 bits per heavy atom. The molecule has 0 aliphatic heterocycles. The van der Waals surface area contributed by atoms with Gasteiger partial charge in [-0.05, 0) is 30.3 Å². The minimum atomic E-state index is -0.467. The molecule has 2 nitrogen and oxygen atoms in total. The van der Waals surface area contributed by atoms with Gasteiger partial charge in [-0.1, -0.05) is 35.9 Å². The molecule has 0 aliphatic rings. The SMILES string of the molecule is O=C(Oc1c[c]ccc1)c1ccccc1Cl. The number of hydrogen-bond acceptors (Lipinski definition) is 2. The smallest absolute Gasteiger partial charge is 0.345 e. The number of benzene rings is 2. The van der Waals surface area contributed by atoms with Crippen LogP contribution < -0.4 is 4.74 Å². The Bertz CT molecular complexity index is 494. The molecule has 0 aliphatic carbocycles. The van der Waals surface area contributed by atoms with E-state index in [1.165, 1.54) is 0 Å². The highest BCUT2D eigenvalue weighted by atomic mass is 35.5. The van der Waals surface area contributed by atoms with Crippen LogP contribution in [0.2, 0.25) is 5.02 Å². The van der Waals surface area contributed by atoms with Crippen LogP contribution in [0.15, 0.2) is 48.5 Å². The van der Waals surface area contributed by atoms with Crippen molar-refractivity contribution in [1.29, 1.82) is 0 Å². The van der Waals surface area contributed by atoms with Crippen molar-refractivity contribution in [2.75, 3.05) is 0 Å². The zero-order valence-electron chi connectivity index (χ0n) is 8.31. The first-order valence-electron chi connectivity index (χ1n) is 4.70. The molecule has 0 aromatic heterocycles. The lowest BCUT2D eigenvalue weighted by Gasteiger charge is -2.04. The highest BCUT2D eigenvalue weighted by Crippen LogP contribution is 2.18. The van der Waals surface area contributed by atoms with Gasteiger partial charge in [-0.3, -0.25) is 0 Å². The number of ether oxygens (including phenoxy) is 1. The van der Waals surface area contributed by atoms with Gasteiger partial charge >= 0.3 is 5.97 Å². The van der Waals surface area contributed by atoms with Gasteiger partial charge < -0.3 is 4.74 Å². The fourth-order valence-corrected chi connectivity index (χ4v) is 1.44. The molecule has 0 atom stereocenters. The van der Waals surface area contributed by atoms with E-state index in [9.17, 15) is 4.79 Å². The topological polar surface area (TPSA) is 26.3 Å². The quantitative estimate of drug-likeness (QED) is 0.585. The van der Waals surface area contributed by atoms with Gasteiger partial charge in [0, 0.05) is 0 Å². The van der Waals surface area contributed by atoms with Gasteiger partial charge in [-0.25, -0.2) is 4.79 Å². The molecule has 2 rings (SSSR count). The number of hydrogen-bond donors (Lipinski definition) is 0. The van der Waals surface area contributed by atoms with Gasteiger partial charge in [0.1, 0.15) is 5.75 Å². The maximum Gasteiger partial charge on any atom is 0.345 e. The lowest BCUT2D eigenvalue weighted by atomic mass is 10.2. The number of halogens is 1. The van der Waals surface area contributed by atoms with E-state index in [4.69, 9.17) is 16.3 Å². The number of esters is 1. The molecular weight excluding hydrogens is 224 g/mol. The molecule has 0 saturated carbocycles. The van der Waals surface area contributed by atoms with Gasteiger partial charge in [0.05, 0.1) is 10.6 Å². The molecule has 3 heteroatoms. The predicted octanol–water partition coefficient (Wildman–Crippen LogP) is 3.36. The fourth-order valence-electron chi connectivity index (χ4n) is 1.23. The summed E-state index contributed by atoms with van der Waals surface area (Å²) in [7, 11) is 0. The van der Waals surface area contributed by atoms with Crippen LogP contribution in [0.25, 0.3) is 0 Å². The Morgan fingerprint density at radius 1 is 1.19 bits per heavy atom. The first-order chi connectivity index (χ1) is 7.77.